The summed E-state index contributed by atoms with van der Waals surface area (Å²) in [6.45, 7) is 11.0. The molecule has 0 heterocycles. The summed E-state index contributed by atoms with van der Waals surface area (Å²) in [5, 5.41) is 7.98. The molecule has 1 atom stereocenters. The van der Waals surface area contributed by atoms with E-state index in [1.165, 1.54) is 19.1 Å². The predicted octanol–water partition coefficient (Wildman–Crippen LogP) is 3.34. The molecular formula is C26H31N3O5. The highest BCUT2D eigenvalue weighted by Gasteiger charge is 2.25. The second kappa shape index (κ2) is 11.8. The van der Waals surface area contributed by atoms with Crippen molar-refractivity contribution in [3.05, 3.63) is 77.9 Å². The summed E-state index contributed by atoms with van der Waals surface area (Å²) in [5.74, 6) is -1.07. The maximum atomic E-state index is 13.0. The molecule has 3 amide bonds. The van der Waals surface area contributed by atoms with Crippen LogP contribution in [-0.2, 0) is 9.53 Å². The molecule has 0 aliphatic carbocycles. The summed E-state index contributed by atoms with van der Waals surface area (Å²) in [6.07, 6.45) is -0.589. The lowest BCUT2D eigenvalue weighted by Crippen LogP contribution is -2.48. The lowest BCUT2D eigenvalue weighted by atomic mass is 9.99. The Morgan fingerprint density at radius 1 is 0.853 bits per heavy atom. The van der Waals surface area contributed by atoms with E-state index >= 15 is 0 Å². The number of ketones is 1. The number of rotatable bonds is 9. The van der Waals surface area contributed by atoms with E-state index in [9.17, 15) is 19.2 Å². The van der Waals surface area contributed by atoms with Crippen molar-refractivity contribution < 1.29 is 23.9 Å². The third-order valence-electron chi connectivity index (χ3n) is 4.68. The van der Waals surface area contributed by atoms with Gasteiger partial charge in [0.1, 0.15) is 11.6 Å². The molecule has 8 nitrogen and oxygen atoms in total. The molecule has 0 saturated carbocycles. The van der Waals surface area contributed by atoms with Gasteiger partial charge in [0, 0.05) is 24.2 Å². The van der Waals surface area contributed by atoms with E-state index in [0.29, 0.717) is 22.3 Å². The fourth-order valence-corrected chi connectivity index (χ4v) is 2.97. The normalized spacial score (nSPS) is 11.6. The Morgan fingerprint density at radius 2 is 1.41 bits per heavy atom. The molecule has 2 rings (SSSR count). The third-order valence-corrected chi connectivity index (χ3v) is 4.68. The number of amides is 3. The topological polar surface area (TPSA) is 114 Å². The number of alkyl carbamates (subject to hydrolysis) is 1. The highest BCUT2D eigenvalue weighted by Crippen LogP contribution is 2.17. The Bertz CT molecular complexity index is 1040. The highest BCUT2D eigenvalue weighted by molar-refractivity contribution is 6.03. The van der Waals surface area contributed by atoms with Crippen molar-refractivity contribution in [2.24, 2.45) is 0 Å². The smallest absolute Gasteiger partial charge is 0.407 e. The molecule has 0 radical (unpaired) electrons. The summed E-state index contributed by atoms with van der Waals surface area (Å²) in [4.78, 5) is 49.0. The van der Waals surface area contributed by atoms with Gasteiger partial charge in [0.25, 0.3) is 5.91 Å². The first-order valence-electron chi connectivity index (χ1n) is 10.9. The molecule has 34 heavy (non-hydrogen) atoms. The van der Waals surface area contributed by atoms with Crippen LogP contribution in [0, 0.1) is 0 Å². The van der Waals surface area contributed by atoms with Crippen LogP contribution in [0.15, 0.2) is 61.2 Å². The first kappa shape index (κ1) is 26.3. The van der Waals surface area contributed by atoms with E-state index in [-0.39, 0.29) is 18.9 Å². The first-order valence-corrected chi connectivity index (χ1v) is 10.9. The van der Waals surface area contributed by atoms with Crippen molar-refractivity contribution in [2.45, 2.75) is 39.3 Å². The first-order chi connectivity index (χ1) is 16.0. The second-order valence-electron chi connectivity index (χ2n) is 8.65. The number of hydrogen-bond acceptors (Lipinski definition) is 5. The molecule has 8 heteroatoms. The largest absolute Gasteiger partial charge is 0.444 e. The standard InChI is InChI=1S/C26H31N3O5/c1-17(19-9-7-6-8-10-19)22(24(32)27-15-16-28-25(33)34-26(3,4)5)29-23(31)21-13-11-20(12-14-21)18(2)30/h6-14,22H,1,15-16H2,2-5H3,(H,27,32)(H,28,33)(H,29,31)/t22-/m0/s1. The van der Waals surface area contributed by atoms with Gasteiger partial charge in [-0.25, -0.2) is 4.79 Å². The quantitative estimate of drug-likeness (QED) is 0.388. The van der Waals surface area contributed by atoms with Gasteiger partial charge in [-0.3, -0.25) is 14.4 Å². The summed E-state index contributed by atoms with van der Waals surface area (Å²) in [6, 6.07) is 14.1. The van der Waals surface area contributed by atoms with Crippen LogP contribution in [-0.4, -0.2) is 48.4 Å². The van der Waals surface area contributed by atoms with Gasteiger partial charge in [0.2, 0.25) is 5.91 Å². The molecule has 2 aromatic rings. The summed E-state index contributed by atoms with van der Waals surface area (Å²) in [7, 11) is 0. The van der Waals surface area contributed by atoms with Crippen molar-refractivity contribution in [1.29, 1.82) is 0 Å². The lowest BCUT2D eigenvalue weighted by molar-refractivity contribution is -0.121. The number of Topliss-reactive ketones (excluding diaryl/α,β-unsaturated/α-hetero) is 1. The molecule has 0 fully saturated rings. The summed E-state index contributed by atoms with van der Waals surface area (Å²) >= 11 is 0. The Hall–Kier alpha value is -3.94. The maximum absolute atomic E-state index is 13.0. The molecule has 0 aliphatic rings. The Labute approximate surface area is 199 Å². The molecule has 0 aromatic heterocycles. The van der Waals surface area contributed by atoms with Gasteiger partial charge in [-0.2, -0.15) is 0 Å². The molecule has 0 saturated heterocycles. The van der Waals surface area contributed by atoms with Gasteiger partial charge < -0.3 is 20.7 Å². The minimum absolute atomic E-state index is 0.110. The fraction of sp³-hybridized carbons (Fsp3) is 0.308. The molecule has 0 unspecified atom stereocenters. The van der Waals surface area contributed by atoms with Gasteiger partial charge in [-0.15, -0.1) is 0 Å². The zero-order valence-electron chi connectivity index (χ0n) is 19.9. The zero-order chi connectivity index (χ0) is 25.3. The van der Waals surface area contributed by atoms with Crippen LogP contribution in [0.1, 0.15) is 54.0 Å². The molecule has 0 spiro atoms. The highest BCUT2D eigenvalue weighted by atomic mass is 16.6. The number of carbonyl (C=O) groups is 4. The van der Waals surface area contributed by atoms with E-state index < -0.39 is 29.6 Å². The van der Waals surface area contributed by atoms with E-state index in [2.05, 4.69) is 22.5 Å². The zero-order valence-corrected chi connectivity index (χ0v) is 19.9. The molecule has 180 valence electrons. The number of carbonyl (C=O) groups excluding carboxylic acids is 4. The minimum atomic E-state index is -1.05. The second-order valence-corrected chi connectivity index (χ2v) is 8.65. The SMILES string of the molecule is C=C(c1ccccc1)[C@H](NC(=O)c1ccc(C(C)=O)cc1)C(=O)NCCNC(=O)OC(C)(C)C. The number of hydrogen-bond donors (Lipinski definition) is 3. The van der Waals surface area contributed by atoms with Crippen LogP contribution in [0.3, 0.4) is 0 Å². The lowest BCUT2D eigenvalue weighted by Gasteiger charge is -2.22. The van der Waals surface area contributed by atoms with Gasteiger partial charge in [0.05, 0.1) is 0 Å². The molecular weight excluding hydrogens is 434 g/mol. The number of nitrogens with one attached hydrogen (secondary N) is 3. The van der Waals surface area contributed by atoms with E-state index in [0.717, 1.165) is 0 Å². The van der Waals surface area contributed by atoms with Gasteiger partial charge in [-0.05, 0) is 51.0 Å². The molecule has 0 aliphatic heterocycles. The van der Waals surface area contributed by atoms with Crippen molar-refractivity contribution >= 4 is 29.3 Å². The Kier molecular flexibility index (Phi) is 9.12. The Balaban J connectivity index is 2.07. The van der Waals surface area contributed by atoms with E-state index in [4.69, 9.17) is 4.74 Å². The van der Waals surface area contributed by atoms with E-state index in [1.807, 2.05) is 18.2 Å². The molecule has 2 aromatic carbocycles. The van der Waals surface area contributed by atoms with Crippen LogP contribution >= 0.6 is 0 Å². The monoisotopic (exact) mass is 465 g/mol. The van der Waals surface area contributed by atoms with Crippen molar-refractivity contribution in [3.63, 3.8) is 0 Å². The summed E-state index contributed by atoms with van der Waals surface area (Å²) < 4.78 is 5.16. The predicted molar refractivity (Wildman–Crippen MR) is 130 cm³/mol. The van der Waals surface area contributed by atoms with Crippen LogP contribution in [0.2, 0.25) is 0 Å². The van der Waals surface area contributed by atoms with E-state index in [1.54, 1.807) is 45.0 Å². The number of benzene rings is 2. The average Bonchev–Trinajstić information content (AvgIpc) is 2.79. The van der Waals surface area contributed by atoms with Crippen molar-refractivity contribution in [2.75, 3.05) is 13.1 Å². The van der Waals surface area contributed by atoms with Gasteiger partial charge in [0.15, 0.2) is 5.78 Å². The average molecular weight is 466 g/mol. The maximum Gasteiger partial charge on any atom is 0.407 e. The Morgan fingerprint density at radius 3 is 1.97 bits per heavy atom. The van der Waals surface area contributed by atoms with Gasteiger partial charge in [-0.1, -0.05) is 49.0 Å². The number of ether oxygens (including phenoxy) is 1. The third kappa shape index (κ3) is 8.20. The van der Waals surface area contributed by atoms with Crippen molar-refractivity contribution in [3.8, 4) is 0 Å². The summed E-state index contributed by atoms with van der Waals surface area (Å²) in [5.41, 5.74) is 1.26. The molecule has 0 bridgehead atoms. The van der Waals surface area contributed by atoms with Crippen molar-refractivity contribution in [1.82, 2.24) is 16.0 Å². The minimum Gasteiger partial charge on any atom is -0.444 e. The van der Waals surface area contributed by atoms with Crippen LogP contribution in [0.5, 0.6) is 0 Å². The van der Waals surface area contributed by atoms with Gasteiger partial charge >= 0.3 is 6.09 Å². The molecule has 3 N–H and O–H groups in total. The van der Waals surface area contributed by atoms with Crippen LogP contribution in [0.4, 0.5) is 4.79 Å². The van der Waals surface area contributed by atoms with Crippen LogP contribution in [0.25, 0.3) is 5.57 Å². The van der Waals surface area contributed by atoms with Crippen LogP contribution < -0.4 is 16.0 Å². The fourth-order valence-electron chi connectivity index (χ4n) is 2.97.